The number of hydrogen-bond donors (Lipinski definition) is 0. The molecule has 0 amide bonds. The van der Waals surface area contributed by atoms with Gasteiger partial charge in [-0.15, -0.1) is 0 Å². The van der Waals surface area contributed by atoms with Gasteiger partial charge in [0.05, 0.1) is 0 Å². The molecule has 6 nitrogen and oxygen atoms in total. The number of nitrogens with zero attached hydrogens (tertiary/aromatic N) is 6. The van der Waals surface area contributed by atoms with Gasteiger partial charge in [0.25, 0.3) is 0 Å². The van der Waals surface area contributed by atoms with E-state index in [0.29, 0.717) is 0 Å². The minimum absolute atomic E-state index is 0. The van der Waals surface area contributed by atoms with E-state index in [1.807, 2.05) is 0 Å². The Morgan fingerprint density at radius 1 is 0.333 bits per heavy atom. The molecule has 0 fully saturated rings. The molecule has 0 aromatic carbocycles. The van der Waals surface area contributed by atoms with Crippen molar-refractivity contribution in [3.63, 3.8) is 0 Å². The normalized spacial score (nSPS) is 0.800. The molecule has 0 rings (SSSR count). The average molecular weight is 479 g/mol. The van der Waals surface area contributed by atoms with Crippen molar-refractivity contribution in [2.24, 2.45) is 0 Å². The molecule has 1 radical (unpaired) electrons. The van der Waals surface area contributed by atoms with Crippen LogP contribution in [-0.2, 0) is 59.1 Å². The first-order chi connectivity index (χ1) is 6.00. The third-order valence-corrected chi connectivity index (χ3v) is 0. The second kappa shape index (κ2) is 1330. The molecule has 0 N–H and O–H groups in total. The van der Waals surface area contributed by atoms with Gasteiger partial charge in [-0.25, -0.2) is 0 Å². The molecule has 69 valence electrons. The summed E-state index contributed by atoms with van der Waals surface area (Å²) in [5, 5.41) is 37.5. The van der Waals surface area contributed by atoms with E-state index in [9.17, 15) is 0 Å². The van der Waals surface area contributed by atoms with Crippen LogP contribution in [0.15, 0.2) is 0 Å². The summed E-state index contributed by atoms with van der Waals surface area (Å²) in [5.74, 6) is 0. The second-order valence-corrected chi connectivity index (χ2v) is 0. The fourth-order valence-electron chi connectivity index (χ4n) is 0. The van der Waals surface area contributed by atoms with Crippen LogP contribution in [0.2, 0.25) is 0 Å². The largest absolute Gasteiger partial charge is 2.00 e. The van der Waals surface area contributed by atoms with Crippen LogP contribution in [0.5, 0.6) is 0 Å². The minimum atomic E-state index is 0. The van der Waals surface area contributed by atoms with Gasteiger partial charge in [-0.1, -0.05) is 0 Å². The Labute approximate surface area is 129 Å². The SMILES string of the molecule is [C-]#N.[C-]#N.[C-]#N.[C-]#N.[C-]#N.[C-]#N.[Ir].[Zn+2].[Zn+2]. The fourth-order valence-corrected chi connectivity index (χ4v) is 0. The van der Waals surface area contributed by atoms with Crippen LogP contribution in [0.25, 0.3) is 0 Å². The van der Waals surface area contributed by atoms with Gasteiger partial charge in [-0.2, -0.15) is 0 Å². The first-order valence-corrected chi connectivity index (χ1v) is 1.34. The molecule has 0 unspecified atom stereocenters. The minimum Gasteiger partial charge on any atom is -0.512 e. The predicted octanol–water partition coefficient (Wildman–Crippen LogP) is 0.571. The van der Waals surface area contributed by atoms with Gasteiger partial charge in [0.15, 0.2) is 0 Å². The standard InChI is InChI=1S/6CN.Ir.2Zn/c6*1-2;;;/q6*-1;;2*+2. The molecule has 0 bridgehead atoms. The Morgan fingerprint density at radius 3 is 0.333 bits per heavy atom. The molecule has 15 heavy (non-hydrogen) atoms. The van der Waals surface area contributed by atoms with Crippen molar-refractivity contribution < 1.29 is 59.1 Å². The smallest absolute Gasteiger partial charge is 0.512 e. The molecule has 0 aromatic heterocycles. The van der Waals surface area contributed by atoms with Crippen LogP contribution < -0.4 is 0 Å². The topological polar surface area (TPSA) is 143 Å². The van der Waals surface area contributed by atoms with Crippen LogP contribution in [0.1, 0.15) is 0 Å². The predicted molar refractivity (Wildman–Crippen MR) is 29.8 cm³/mol. The summed E-state index contributed by atoms with van der Waals surface area (Å²) in [6.45, 7) is 28.5. The van der Waals surface area contributed by atoms with E-state index in [1.54, 1.807) is 0 Å². The van der Waals surface area contributed by atoms with Crippen LogP contribution in [-0.4, -0.2) is 0 Å². The maximum atomic E-state index is 6.25. The van der Waals surface area contributed by atoms with Crippen LogP contribution in [0, 0.1) is 71.0 Å². The quantitative estimate of drug-likeness (QED) is 0.367. The summed E-state index contributed by atoms with van der Waals surface area (Å²) in [7, 11) is 0. The van der Waals surface area contributed by atoms with Crippen LogP contribution in [0.4, 0.5) is 0 Å². The molecule has 0 aliphatic heterocycles. The molecule has 9 heteroatoms. The van der Waals surface area contributed by atoms with E-state index in [1.165, 1.54) is 0 Å². The van der Waals surface area contributed by atoms with Crippen LogP contribution >= 0.6 is 0 Å². The zero-order chi connectivity index (χ0) is 12.0. The summed E-state index contributed by atoms with van der Waals surface area (Å²) in [5.41, 5.74) is 0. The van der Waals surface area contributed by atoms with Crippen LogP contribution in [0.3, 0.4) is 0 Å². The first-order valence-electron chi connectivity index (χ1n) is 1.34. The summed E-state index contributed by atoms with van der Waals surface area (Å²) in [4.78, 5) is 0. The monoisotopic (exact) mass is 477 g/mol. The van der Waals surface area contributed by atoms with Crippen molar-refractivity contribution in [1.29, 1.82) is 31.6 Å². The van der Waals surface area contributed by atoms with E-state index >= 15 is 0 Å². The van der Waals surface area contributed by atoms with E-state index in [-0.39, 0.29) is 59.1 Å². The summed E-state index contributed by atoms with van der Waals surface area (Å²) in [6, 6.07) is 0. The van der Waals surface area contributed by atoms with Gasteiger partial charge >= 0.3 is 39.0 Å². The molecule has 0 aliphatic carbocycles. The molecule has 0 atom stereocenters. The Morgan fingerprint density at radius 2 is 0.333 bits per heavy atom. The van der Waals surface area contributed by atoms with E-state index in [2.05, 4.69) is 0 Å². The van der Waals surface area contributed by atoms with Crippen molar-refractivity contribution in [3.8, 4) is 0 Å². The van der Waals surface area contributed by atoms with E-state index in [0.717, 1.165) is 0 Å². The van der Waals surface area contributed by atoms with Crippen molar-refractivity contribution in [2.75, 3.05) is 0 Å². The number of hydrogen-bond acceptors (Lipinski definition) is 6. The van der Waals surface area contributed by atoms with Crippen molar-refractivity contribution in [2.45, 2.75) is 0 Å². The van der Waals surface area contributed by atoms with Crippen molar-refractivity contribution in [1.82, 2.24) is 0 Å². The zero-order valence-corrected chi connectivity index (χ0v) is 15.8. The average Bonchev–Trinajstić information content (AvgIpc) is 2.33. The molecule has 0 aromatic rings. The zero-order valence-electron chi connectivity index (χ0n) is 7.43. The summed E-state index contributed by atoms with van der Waals surface area (Å²) in [6.07, 6.45) is 0. The Kier molecular flexibility index (Phi) is 8630. The second-order valence-electron chi connectivity index (χ2n) is 0. The molecule has 0 aliphatic rings. The Bertz CT molecular complexity index is 101. The summed E-state index contributed by atoms with van der Waals surface area (Å²) >= 11 is 0. The van der Waals surface area contributed by atoms with Gasteiger partial charge in [0, 0.05) is 20.1 Å². The van der Waals surface area contributed by atoms with Crippen molar-refractivity contribution >= 4 is 0 Å². The molecular formula is C6IrN6Zn2-2. The summed E-state index contributed by atoms with van der Waals surface area (Å²) < 4.78 is 0. The third-order valence-electron chi connectivity index (χ3n) is 0. The molecular weight excluding hydrogens is 479 g/mol. The molecule has 0 spiro atoms. The van der Waals surface area contributed by atoms with Gasteiger partial charge in [-0.05, 0) is 0 Å². The van der Waals surface area contributed by atoms with Gasteiger partial charge in [0.2, 0.25) is 0 Å². The fraction of sp³-hybridized carbons (Fsp3) is 0. The maximum absolute atomic E-state index is 6.25. The van der Waals surface area contributed by atoms with Gasteiger partial charge < -0.3 is 71.0 Å². The van der Waals surface area contributed by atoms with Gasteiger partial charge in [-0.3, -0.25) is 0 Å². The maximum Gasteiger partial charge on any atom is 2.00 e. The Balaban J connectivity index is -0.00000000396. The first kappa shape index (κ1) is 97.5. The van der Waals surface area contributed by atoms with Gasteiger partial charge in [0.1, 0.15) is 0 Å². The molecule has 0 saturated heterocycles. The van der Waals surface area contributed by atoms with E-state index < -0.39 is 0 Å². The Hall–Kier alpha value is -1.16. The molecule has 0 heterocycles. The molecule has 0 saturated carbocycles. The van der Waals surface area contributed by atoms with E-state index in [4.69, 9.17) is 71.0 Å². The number of rotatable bonds is 0. The van der Waals surface area contributed by atoms with Crippen molar-refractivity contribution in [3.05, 3.63) is 39.4 Å². The third kappa shape index (κ3) is 1110.